The number of hydrogen-bond acceptors (Lipinski definition) is 3. The Bertz CT molecular complexity index is 316. The van der Waals surface area contributed by atoms with Crippen LogP contribution in [0.2, 0.25) is 0 Å². The molecule has 0 saturated carbocycles. The number of rotatable bonds is 10. The highest BCUT2D eigenvalue weighted by Gasteiger charge is 2.09. The molecule has 0 bridgehead atoms. The van der Waals surface area contributed by atoms with Crippen molar-refractivity contribution >= 4 is 16.2 Å². The van der Waals surface area contributed by atoms with Crippen LogP contribution in [0, 0.1) is 5.92 Å². The van der Waals surface area contributed by atoms with Crippen LogP contribution in [0.3, 0.4) is 0 Å². The van der Waals surface area contributed by atoms with Gasteiger partial charge in [0.15, 0.2) is 0 Å². The predicted molar refractivity (Wildman–Crippen MR) is 65.9 cm³/mol. The summed E-state index contributed by atoms with van der Waals surface area (Å²) in [6.07, 6.45) is 2.08. The van der Waals surface area contributed by atoms with Gasteiger partial charge in [0, 0.05) is 19.5 Å². The van der Waals surface area contributed by atoms with Crippen LogP contribution in [0.5, 0.6) is 0 Å². The fourth-order valence-electron chi connectivity index (χ4n) is 1.24. The Morgan fingerprint density at radius 1 is 1.24 bits per heavy atom. The predicted octanol–water partition coefficient (Wildman–Crippen LogP) is 0.711. The van der Waals surface area contributed by atoms with Gasteiger partial charge in [0.1, 0.15) is 0 Å². The quantitative estimate of drug-likeness (QED) is 0.542. The number of carboxylic acid groups (broad SMARTS) is 1. The van der Waals surface area contributed by atoms with Gasteiger partial charge >= 0.3 is 5.97 Å². The monoisotopic (exact) mass is 266 g/mol. The number of carbonyl (C=O) groups is 1. The van der Waals surface area contributed by atoms with Crippen molar-refractivity contribution in [2.24, 2.45) is 5.92 Å². The first kappa shape index (κ1) is 16.3. The standard InChI is InChI=1S/C10H22N2O4S/c1-3-7-11-17(15,16)12-8-6-9(2)4-5-10(13)14/h9,11-12H,3-8H2,1-2H3,(H,13,14). The lowest BCUT2D eigenvalue weighted by Crippen LogP contribution is -2.37. The van der Waals surface area contributed by atoms with Crippen molar-refractivity contribution in [3.8, 4) is 0 Å². The highest BCUT2D eigenvalue weighted by Crippen LogP contribution is 2.09. The molecule has 0 aliphatic heterocycles. The highest BCUT2D eigenvalue weighted by atomic mass is 32.2. The maximum Gasteiger partial charge on any atom is 0.303 e. The van der Waals surface area contributed by atoms with Crippen molar-refractivity contribution in [2.75, 3.05) is 13.1 Å². The maximum atomic E-state index is 11.3. The summed E-state index contributed by atoms with van der Waals surface area (Å²) < 4.78 is 27.5. The first-order chi connectivity index (χ1) is 7.87. The zero-order valence-electron chi connectivity index (χ0n) is 10.4. The molecule has 0 rings (SSSR count). The van der Waals surface area contributed by atoms with E-state index in [0.717, 1.165) is 6.42 Å². The van der Waals surface area contributed by atoms with E-state index in [1.807, 2.05) is 13.8 Å². The highest BCUT2D eigenvalue weighted by molar-refractivity contribution is 7.87. The van der Waals surface area contributed by atoms with Crippen LogP contribution < -0.4 is 9.44 Å². The second-order valence-corrected chi connectivity index (χ2v) is 5.70. The topological polar surface area (TPSA) is 95.5 Å². The van der Waals surface area contributed by atoms with Crippen molar-refractivity contribution in [2.45, 2.75) is 39.5 Å². The van der Waals surface area contributed by atoms with E-state index in [2.05, 4.69) is 9.44 Å². The molecule has 0 fully saturated rings. The molecule has 0 aliphatic carbocycles. The van der Waals surface area contributed by atoms with Crippen LogP contribution in [0.25, 0.3) is 0 Å². The van der Waals surface area contributed by atoms with E-state index in [9.17, 15) is 13.2 Å². The molecule has 0 saturated heterocycles. The first-order valence-electron chi connectivity index (χ1n) is 5.83. The van der Waals surface area contributed by atoms with Crippen LogP contribution in [0.4, 0.5) is 0 Å². The maximum absolute atomic E-state index is 11.3. The average Bonchev–Trinajstić information content (AvgIpc) is 2.23. The van der Waals surface area contributed by atoms with Crippen molar-refractivity contribution < 1.29 is 18.3 Å². The summed E-state index contributed by atoms with van der Waals surface area (Å²) in [5, 5.41) is 8.49. The summed E-state index contributed by atoms with van der Waals surface area (Å²) >= 11 is 0. The number of aliphatic carboxylic acids is 1. The molecule has 6 nitrogen and oxygen atoms in total. The van der Waals surface area contributed by atoms with Crippen LogP contribution in [-0.2, 0) is 15.0 Å². The minimum absolute atomic E-state index is 0.127. The van der Waals surface area contributed by atoms with Gasteiger partial charge in [-0.1, -0.05) is 13.8 Å². The van der Waals surface area contributed by atoms with E-state index >= 15 is 0 Å². The lowest BCUT2D eigenvalue weighted by molar-refractivity contribution is -0.137. The molecule has 0 amide bonds. The van der Waals surface area contributed by atoms with Crippen molar-refractivity contribution in [3.63, 3.8) is 0 Å². The molecular formula is C10H22N2O4S. The van der Waals surface area contributed by atoms with Crippen molar-refractivity contribution in [3.05, 3.63) is 0 Å². The smallest absolute Gasteiger partial charge is 0.303 e. The molecule has 1 unspecified atom stereocenters. The van der Waals surface area contributed by atoms with Gasteiger partial charge in [-0.3, -0.25) is 4.79 Å². The van der Waals surface area contributed by atoms with Crippen LogP contribution in [0.15, 0.2) is 0 Å². The van der Waals surface area contributed by atoms with Gasteiger partial charge in [-0.05, 0) is 25.2 Å². The molecule has 0 heterocycles. The first-order valence-corrected chi connectivity index (χ1v) is 7.31. The summed E-state index contributed by atoms with van der Waals surface area (Å²) in [6.45, 7) is 4.55. The van der Waals surface area contributed by atoms with Gasteiger partial charge in [0.05, 0.1) is 0 Å². The molecule has 0 aliphatic rings. The van der Waals surface area contributed by atoms with Gasteiger partial charge in [0.25, 0.3) is 10.2 Å². The van der Waals surface area contributed by atoms with E-state index in [1.54, 1.807) is 0 Å². The Morgan fingerprint density at radius 2 is 1.82 bits per heavy atom. The molecule has 0 spiro atoms. The van der Waals surface area contributed by atoms with Crippen LogP contribution in [-0.4, -0.2) is 32.6 Å². The third-order valence-electron chi connectivity index (χ3n) is 2.32. The second-order valence-electron chi connectivity index (χ2n) is 4.12. The molecule has 3 N–H and O–H groups in total. The summed E-state index contributed by atoms with van der Waals surface area (Å²) in [5.41, 5.74) is 0. The Kier molecular flexibility index (Phi) is 8.11. The SMILES string of the molecule is CCCNS(=O)(=O)NCCC(C)CCC(=O)O. The summed E-state index contributed by atoms with van der Waals surface area (Å²) in [5.74, 6) is -0.623. The zero-order chi connectivity index (χ0) is 13.3. The van der Waals surface area contributed by atoms with E-state index in [0.29, 0.717) is 25.9 Å². The van der Waals surface area contributed by atoms with E-state index < -0.39 is 16.2 Å². The molecular weight excluding hydrogens is 244 g/mol. The van der Waals surface area contributed by atoms with Gasteiger partial charge < -0.3 is 5.11 Å². The number of nitrogens with one attached hydrogen (secondary N) is 2. The van der Waals surface area contributed by atoms with Crippen LogP contribution >= 0.6 is 0 Å². The number of hydrogen-bond donors (Lipinski definition) is 3. The van der Waals surface area contributed by atoms with Crippen molar-refractivity contribution in [1.29, 1.82) is 0 Å². The Morgan fingerprint density at radius 3 is 2.35 bits per heavy atom. The summed E-state index contributed by atoms with van der Waals surface area (Å²) in [4.78, 5) is 10.3. The molecule has 102 valence electrons. The number of carboxylic acids is 1. The zero-order valence-corrected chi connectivity index (χ0v) is 11.2. The largest absolute Gasteiger partial charge is 0.481 e. The Hall–Kier alpha value is -0.660. The van der Waals surface area contributed by atoms with Gasteiger partial charge in [0.2, 0.25) is 0 Å². The fourth-order valence-corrected chi connectivity index (χ4v) is 2.20. The lowest BCUT2D eigenvalue weighted by Gasteiger charge is -2.11. The van der Waals surface area contributed by atoms with Gasteiger partial charge in [-0.25, -0.2) is 9.44 Å². The second kappa shape index (κ2) is 8.43. The average molecular weight is 266 g/mol. The Balaban J connectivity index is 3.71. The van der Waals surface area contributed by atoms with Crippen molar-refractivity contribution in [1.82, 2.24) is 9.44 Å². The molecule has 0 aromatic carbocycles. The minimum atomic E-state index is -3.39. The molecule has 7 heteroatoms. The third kappa shape index (κ3) is 10.2. The minimum Gasteiger partial charge on any atom is -0.481 e. The third-order valence-corrected chi connectivity index (χ3v) is 3.49. The van der Waals surface area contributed by atoms with Gasteiger partial charge in [-0.15, -0.1) is 0 Å². The van der Waals surface area contributed by atoms with E-state index in [4.69, 9.17) is 5.11 Å². The molecule has 1 atom stereocenters. The molecule has 0 aromatic rings. The van der Waals surface area contributed by atoms with Crippen LogP contribution in [0.1, 0.15) is 39.5 Å². The summed E-state index contributed by atoms with van der Waals surface area (Å²) in [6, 6.07) is 0. The van der Waals surface area contributed by atoms with E-state index in [1.165, 1.54) is 0 Å². The summed E-state index contributed by atoms with van der Waals surface area (Å²) in [7, 11) is -3.39. The molecule has 17 heavy (non-hydrogen) atoms. The molecule has 0 aromatic heterocycles. The van der Waals surface area contributed by atoms with E-state index in [-0.39, 0.29) is 12.3 Å². The lowest BCUT2D eigenvalue weighted by atomic mass is 10.0. The normalized spacial score (nSPS) is 13.5. The van der Waals surface area contributed by atoms with Gasteiger partial charge in [-0.2, -0.15) is 8.42 Å². The Labute approximate surface area is 103 Å². The fraction of sp³-hybridized carbons (Fsp3) is 0.900. The molecule has 0 radical (unpaired) electrons.